The van der Waals surface area contributed by atoms with Gasteiger partial charge in [-0.25, -0.2) is 4.68 Å². The molecule has 2 aromatic heterocycles. The van der Waals surface area contributed by atoms with E-state index < -0.39 is 0 Å². The van der Waals surface area contributed by atoms with Crippen LogP contribution in [0.4, 0.5) is 5.13 Å². The lowest BCUT2D eigenvalue weighted by Gasteiger charge is -2.34. The number of thiazole rings is 1. The molecule has 3 heterocycles. The lowest BCUT2D eigenvalue weighted by Crippen LogP contribution is -2.48. The van der Waals surface area contributed by atoms with Crippen LogP contribution in [0.2, 0.25) is 0 Å². The Morgan fingerprint density at radius 3 is 2.50 bits per heavy atom. The van der Waals surface area contributed by atoms with Crippen LogP contribution in [0.1, 0.15) is 23.0 Å². The van der Waals surface area contributed by atoms with Crippen molar-refractivity contribution in [2.45, 2.75) is 13.8 Å². The normalized spacial score (nSPS) is 14.0. The minimum atomic E-state index is 0.0130. The fourth-order valence-electron chi connectivity index (χ4n) is 4.16. The number of fused-ring (bicyclic) bond motifs is 1. The zero-order chi connectivity index (χ0) is 23.7. The highest BCUT2D eigenvalue weighted by molar-refractivity contribution is 7.22. The van der Waals surface area contributed by atoms with Gasteiger partial charge in [0.15, 0.2) is 10.8 Å². The van der Waals surface area contributed by atoms with Gasteiger partial charge in [-0.3, -0.25) is 4.79 Å². The third-order valence-electron chi connectivity index (χ3n) is 5.95. The summed E-state index contributed by atoms with van der Waals surface area (Å²) in [6.45, 7) is 7.20. The zero-order valence-corrected chi connectivity index (χ0v) is 20.3. The topological polar surface area (TPSA) is 72.7 Å². The number of carbonyl (C=O) groups excluding carboxylic acids is 1. The van der Waals surface area contributed by atoms with E-state index in [1.807, 2.05) is 72.0 Å². The molecule has 0 unspecified atom stereocenters. The monoisotopic (exact) mass is 477 g/mol. The number of anilines is 1. The molecule has 0 N–H and O–H groups in total. The molecule has 8 nitrogen and oxygen atoms in total. The molecular weight excluding hydrogens is 450 g/mol. The second-order valence-electron chi connectivity index (χ2n) is 8.05. The van der Waals surface area contributed by atoms with E-state index in [0.717, 1.165) is 45.7 Å². The lowest BCUT2D eigenvalue weighted by molar-refractivity contribution is 0.0742. The highest BCUT2D eigenvalue weighted by Gasteiger charge is 2.26. The van der Waals surface area contributed by atoms with Gasteiger partial charge in [0.1, 0.15) is 11.5 Å². The first-order chi connectivity index (χ1) is 16.6. The summed E-state index contributed by atoms with van der Waals surface area (Å²) in [5.41, 5.74) is 3.37. The molecule has 0 aliphatic carbocycles. The third-order valence-corrected chi connectivity index (χ3v) is 7.16. The van der Waals surface area contributed by atoms with Crippen LogP contribution in [0.5, 0.6) is 11.5 Å². The van der Waals surface area contributed by atoms with Crippen LogP contribution in [-0.2, 0) is 0 Å². The Kier molecular flexibility index (Phi) is 6.10. The first kappa shape index (κ1) is 22.2. The number of para-hydroxylation sites is 1. The number of methoxy groups -OCH3 is 1. The van der Waals surface area contributed by atoms with Gasteiger partial charge in [0.2, 0.25) is 0 Å². The Bertz CT molecular complexity index is 1310. The van der Waals surface area contributed by atoms with Crippen molar-refractivity contribution < 1.29 is 14.3 Å². The SMILES string of the molecule is CCOc1ccccc1C(=O)N1CCN(c2nc3c(s2)c(C)nn3-c2ccc(OC)cc2)CC1. The molecule has 9 heteroatoms. The summed E-state index contributed by atoms with van der Waals surface area (Å²) in [5.74, 6) is 1.46. The highest BCUT2D eigenvalue weighted by Crippen LogP contribution is 2.33. The summed E-state index contributed by atoms with van der Waals surface area (Å²) in [7, 11) is 1.66. The van der Waals surface area contributed by atoms with Crippen LogP contribution < -0.4 is 14.4 Å². The smallest absolute Gasteiger partial charge is 0.257 e. The van der Waals surface area contributed by atoms with E-state index in [0.29, 0.717) is 31.0 Å². The third kappa shape index (κ3) is 4.07. The molecule has 1 saturated heterocycles. The molecule has 34 heavy (non-hydrogen) atoms. The maximum absolute atomic E-state index is 13.1. The van der Waals surface area contributed by atoms with Crippen molar-refractivity contribution in [2.24, 2.45) is 0 Å². The largest absolute Gasteiger partial charge is 0.497 e. The molecule has 1 aliphatic rings. The highest BCUT2D eigenvalue weighted by atomic mass is 32.1. The van der Waals surface area contributed by atoms with Crippen molar-refractivity contribution in [1.82, 2.24) is 19.7 Å². The number of carbonyl (C=O) groups is 1. The van der Waals surface area contributed by atoms with Crippen LogP contribution in [0.25, 0.3) is 16.0 Å². The van der Waals surface area contributed by atoms with Crippen molar-refractivity contribution in [2.75, 3.05) is 44.8 Å². The van der Waals surface area contributed by atoms with E-state index in [9.17, 15) is 4.79 Å². The van der Waals surface area contributed by atoms with Crippen molar-refractivity contribution >= 4 is 32.7 Å². The lowest BCUT2D eigenvalue weighted by atomic mass is 10.1. The van der Waals surface area contributed by atoms with Crippen molar-refractivity contribution in [3.05, 3.63) is 59.8 Å². The molecule has 0 saturated carbocycles. The molecular formula is C25H27N5O3S. The van der Waals surface area contributed by atoms with E-state index in [4.69, 9.17) is 19.6 Å². The summed E-state index contributed by atoms with van der Waals surface area (Å²) in [6, 6.07) is 15.3. The van der Waals surface area contributed by atoms with Crippen LogP contribution in [0.3, 0.4) is 0 Å². The number of hydrogen-bond donors (Lipinski definition) is 0. The fourth-order valence-corrected chi connectivity index (χ4v) is 5.20. The van der Waals surface area contributed by atoms with E-state index in [2.05, 4.69) is 4.90 Å². The molecule has 0 bridgehead atoms. The van der Waals surface area contributed by atoms with Gasteiger partial charge >= 0.3 is 0 Å². The van der Waals surface area contributed by atoms with E-state index in [1.165, 1.54) is 0 Å². The molecule has 0 atom stereocenters. The minimum absolute atomic E-state index is 0.0130. The zero-order valence-electron chi connectivity index (χ0n) is 19.5. The predicted molar refractivity (Wildman–Crippen MR) is 134 cm³/mol. The van der Waals surface area contributed by atoms with E-state index in [-0.39, 0.29) is 5.91 Å². The van der Waals surface area contributed by atoms with Gasteiger partial charge < -0.3 is 19.3 Å². The Balaban J connectivity index is 1.33. The molecule has 1 amide bonds. The average Bonchev–Trinajstić information content (AvgIpc) is 3.45. The number of ether oxygens (including phenoxy) is 2. The Morgan fingerprint density at radius 1 is 1.06 bits per heavy atom. The quantitative estimate of drug-likeness (QED) is 0.415. The predicted octanol–water partition coefficient (Wildman–Crippen LogP) is 4.16. The molecule has 1 fully saturated rings. The van der Waals surface area contributed by atoms with E-state index in [1.54, 1.807) is 18.4 Å². The molecule has 176 valence electrons. The summed E-state index contributed by atoms with van der Waals surface area (Å²) >= 11 is 1.65. The van der Waals surface area contributed by atoms with Crippen LogP contribution >= 0.6 is 11.3 Å². The summed E-state index contributed by atoms with van der Waals surface area (Å²) in [6.07, 6.45) is 0. The van der Waals surface area contributed by atoms with Gasteiger partial charge in [-0.15, -0.1) is 0 Å². The number of piperazine rings is 1. The minimum Gasteiger partial charge on any atom is -0.497 e. The molecule has 5 rings (SSSR count). The summed E-state index contributed by atoms with van der Waals surface area (Å²) < 4.78 is 13.9. The summed E-state index contributed by atoms with van der Waals surface area (Å²) in [5, 5.41) is 5.65. The first-order valence-corrected chi connectivity index (χ1v) is 12.2. The number of nitrogens with zero attached hydrogens (tertiary/aromatic N) is 5. The molecule has 4 aromatic rings. The number of amides is 1. The van der Waals surface area contributed by atoms with Crippen molar-refractivity contribution in [3.63, 3.8) is 0 Å². The number of hydrogen-bond acceptors (Lipinski definition) is 7. The second-order valence-corrected chi connectivity index (χ2v) is 9.03. The fraction of sp³-hybridized carbons (Fsp3) is 0.320. The maximum atomic E-state index is 13.1. The molecule has 0 radical (unpaired) electrons. The van der Waals surface area contributed by atoms with Gasteiger partial charge in [0, 0.05) is 26.2 Å². The van der Waals surface area contributed by atoms with Crippen molar-refractivity contribution in [1.29, 1.82) is 0 Å². The Hall–Kier alpha value is -3.59. The van der Waals surface area contributed by atoms with Crippen LogP contribution in [0.15, 0.2) is 48.5 Å². The second kappa shape index (κ2) is 9.34. The number of aromatic nitrogens is 3. The number of rotatable bonds is 6. The van der Waals surface area contributed by atoms with Gasteiger partial charge in [-0.05, 0) is 50.2 Å². The van der Waals surface area contributed by atoms with Crippen molar-refractivity contribution in [3.8, 4) is 17.2 Å². The van der Waals surface area contributed by atoms with Gasteiger partial charge in [-0.1, -0.05) is 23.5 Å². The van der Waals surface area contributed by atoms with Gasteiger partial charge in [0.25, 0.3) is 5.91 Å². The average molecular weight is 478 g/mol. The standard InChI is InChI=1S/C25H27N5O3S/c1-4-33-21-8-6-5-7-20(21)24(31)28-13-15-29(16-14-28)25-26-23-22(34-25)17(2)27-30(23)18-9-11-19(32-3)12-10-18/h5-12H,4,13-16H2,1-3H3. The van der Waals surface area contributed by atoms with Crippen LogP contribution in [-0.4, -0.2) is 65.5 Å². The van der Waals surface area contributed by atoms with E-state index >= 15 is 0 Å². The number of aryl methyl sites for hydroxylation is 1. The maximum Gasteiger partial charge on any atom is 0.257 e. The number of benzene rings is 2. The molecule has 1 aliphatic heterocycles. The van der Waals surface area contributed by atoms with Gasteiger partial charge in [-0.2, -0.15) is 10.1 Å². The summed E-state index contributed by atoms with van der Waals surface area (Å²) in [4.78, 5) is 22.2. The molecule has 0 spiro atoms. The Labute approximate surface area is 202 Å². The van der Waals surface area contributed by atoms with Gasteiger partial charge in [0.05, 0.1) is 35.4 Å². The Morgan fingerprint density at radius 2 is 1.79 bits per heavy atom. The van der Waals surface area contributed by atoms with Crippen LogP contribution in [0, 0.1) is 6.92 Å². The molecule has 2 aromatic carbocycles. The first-order valence-electron chi connectivity index (χ1n) is 11.4.